The number of esters is 1. The number of rotatable bonds is 2. The Morgan fingerprint density at radius 3 is 2.48 bits per heavy atom. The van der Waals surface area contributed by atoms with Gasteiger partial charge >= 0.3 is 5.97 Å². The Bertz CT molecular complexity index is 1070. The first-order valence-electron chi connectivity index (χ1n) is 9.28. The number of aryl methyl sites for hydroxylation is 2. The van der Waals surface area contributed by atoms with Gasteiger partial charge in [0.1, 0.15) is 17.4 Å². The maximum atomic E-state index is 9.82. The van der Waals surface area contributed by atoms with Crippen LogP contribution in [0.4, 0.5) is 0 Å². The van der Waals surface area contributed by atoms with Crippen LogP contribution >= 0.6 is 22.9 Å². The van der Waals surface area contributed by atoms with Gasteiger partial charge in [-0.1, -0.05) is 23.7 Å². The van der Waals surface area contributed by atoms with Crippen molar-refractivity contribution in [3.8, 4) is 5.00 Å². The standard InChI is InChI=1S/C17H15ClN4S.C4H8O2/c1-9-10(2)23-17-15(9)16(12-4-6-13(18)7-5-12)19-8-14-21-20-11(3)22(14)17;1-3-6-4(2)5/h4-7H,8H2,1-3H3;3H2,1-2H3. The van der Waals surface area contributed by atoms with Crippen LogP contribution in [0.5, 0.6) is 0 Å². The highest BCUT2D eigenvalue weighted by Gasteiger charge is 2.26. The van der Waals surface area contributed by atoms with Gasteiger partial charge in [-0.2, -0.15) is 0 Å². The largest absolute Gasteiger partial charge is 0.466 e. The maximum Gasteiger partial charge on any atom is 0.302 e. The molecule has 1 aromatic carbocycles. The Morgan fingerprint density at radius 2 is 1.90 bits per heavy atom. The Hall–Kier alpha value is -2.51. The van der Waals surface area contributed by atoms with E-state index < -0.39 is 0 Å². The molecule has 1 aliphatic heterocycles. The van der Waals surface area contributed by atoms with Crippen molar-refractivity contribution < 1.29 is 9.53 Å². The summed E-state index contributed by atoms with van der Waals surface area (Å²) in [5.74, 6) is 1.57. The topological polar surface area (TPSA) is 69.4 Å². The number of thiophene rings is 1. The minimum absolute atomic E-state index is 0.211. The molecule has 4 rings (SSSR count). The van der Waals surface area contributed by atoms with E-state index in [9.17, 15) is 4.79 Å². The summed E-state index contributed by atoms with van der Waals surface area (Å²) in [6.07, 6.45) is 0. The van der Waals surface area contributed by atoms with E-state index in [4.69, 9.17) is 16.6 Å². The molecular weight excluding hydrogens is 408 g/mol. The zero-order valence-electron chi connectivity index (χ0n) is 17.1. The molecule has 2 aromatic heterocycles. The molecule has 0 unspecified atom stereocenters. The minimum Gasteiger partial charge on any atom is -0.466 e. The molecule has 3 heterocycles. The first-order valence-corrected chi connectivity index (χ1v) is 10.5. The third kappa shape index (κ3) is 4.41. The summed E-state index contributed by atoms with van der Waals surface area (Å²) in [6, 6.07) is 7.86. The molecule has 0 radical (unpaired) electrons. The van der Waals surface area contributed by atoms with E-state index >= 15 is 0 Å². The van der Waals surface area contributed by atoms with Gasteiger partial charge in [-0.05, 0) is 45.4 Å². The average Bonchev–Trinajstić information content (AvgIpc) is 3.11. The van der Waals surface area contributed by atoms with Crippen molar-refractivity contribution in [1.82, 2.24) is 14.8 Å². The van der Waals surface area contributed by atoms with E-state index in [2.05, 4.69) is 33.3 Å². The second kappa shape index (κ2) is 8.88. The second-order valence-electron chi connectivity index (χ2n) is 6.56. The first kappa shape index (κ1) is 21.2. The van der Waals surface area contributed by atoms with Gasteiger partial charge in [0.2, 0.25) is 0 Å². The number of aliphatic imine (C=N–C) groups is 1. The van der Waals surface area contributed by atoms with Crippen molar-refractivity contribution in [3.05, 3.63) is 62.5 Å². The number of carbonyl (C=O) groups is 1. The number of fused-ring (bicyclic) bond motifs is 3. The first-order chi connectivity index (χ1) is 13.8. The molecule has 0 amide bonds. The highest BCUT2D eigenvalue weighted by Crippen LogP contribution is 2.36. The average molecular weight is 431 g/mol. The van der Waals surface area contributed by atoms with Crippen LogP contribution in [-0.2, 0) is 16.1 Å². The summed E-state index contributed by atoms with van der Waals surface area (Å²) in [4.78, 5) is 16.0. The van der Waals surface area contributed by atoms with Crippen molar-refractivity contribution in [3.63, 3.8) is 0 Å². The predicted molar refractivity (Wildman–Crippen MR) is 117 cm³/mol. The van der Waals surface area contributed by atoms with E-state index in [1.807, 2.05) is 31.2 Å². The third-order valence-corrected chi connectivity index (χ3v) is 5.99. The number of hydrogen-bond acceptors (Lipinski definition) is 6. The summed E-state index contributed by atoms with van der Waals surface area (Å²) >= 11 is 7.80. The summed E-state index contributed by atoms with van der Waals surface area (Å²) < 4.78 is 6.53. The van der Waals surface area contributed by atoms with Crippen LogP contribution in [0.3, 0.4) is 0 Å². The van der Waals surface area contributed by atoms with E-state index in [1.165, 1.54) is 22.9 Å². The molecule has 152 valence electrons. The molecule has 0 saturated carbocycles. The number of hydrogen-bond donors (Lipinski definition) is 0. The van der Waals surface area contributed by atoms with Crippen LogP contribution in [0.1, 0.15) is 47.1 Å². The smallest absolute Gasteiger partial charge is 0.302 e. The monoisotopic (exact) mass is 430 g/mol. The zero-order valence-corrected chi connectivity index (χ0v) is 18.7. The van der Waals surface area contributed by atoms with Crippen LogP contribution in [0.25, 0.3) is 5.00 Å². The molecule has 0 fully saturated rings. The second-order valence-corrected chi connectivity index (χ2v) is 8.20. The van der Waals surface area contributed by atoms with E-state index in [1.54, 1.807) is 18.3 Å². The molecule has 8 heteroatoms. The lowest BCUT2D eigenvalue weighted by molar-refractivity contribution is -0.140. The minimum atomic E-state index is -0.211. The summed E-state index contributed by atoms with van der Waals surface area (Å²) in [5, 5.41) is 10.4. The third-order valence-electron chi connectivity index (χ3n) is 4.54. The summed E-state index contributed by atoms with van der Waals surface area (Å²) in [7, 11) is 0. The van der Waals surface area contributed by atoms with Gasteiger partial charge in [-0.15, -0.1) is 21.5 Å². The van der Waals surface area contributed by atoms with Gasteiger partial charge in [-0.25, -0.2) is 0 Å². The Kier molecular flexibility index (Phi) is 6.49. The van der Waals surface area contributed by atoms with Crippen LogP contribution in [-0.4, -0.2) is 33.1 Å². The summed E-state index contributed by atoms with van der Waals surface area (Å²) in [6.45, 7) is 10.5. The molecule has 3 aromatic rings. The molecule has 1 aliphatic rings. The number of carbonyl (C=O) groups excluding carboxylic acids is 1. The molecule has 0 bridgehead atoms. The molecule has 29 heavy (non-hydrogen) atoms. The number of ether oxygens (including phenoxy) is 1. The number of benzene rings is 1. The lowest BCUT2D eigenvalue weighted by Gasteiger charge is -2.09. The Labute approximate surface area is 179 Å². The van der Waals surface area contributed by atoms with Gasteiger partial charge in [0.15, 0.2) is 5.82 Å². The van der Waals surface area contributed by atoms with E-state index in [0.29, 0.717) is 13.2 Å². The number of aromatic nitrogens is 3. The van der Waals surface area contributed by atoms with Crippen molar-refractivity contribution in [2.24, 2.45) is 4.99 Å². The van der Waals surface area contributed by atoms with Crippen LogP contribution in [0.2, 0.25) is 5.02 Å². The molecule has 0 atom stereocenters. The Balaban J connectivity index is 0.000000353. The quantitative estimate of drug-likeness (QED) is 0.546. The SMILES string of the molecule is CCOC(C)=O.Cc1sc2c(c1C)C(c1ccc(Cl)cc1)=NCc1nnc(C)n1-2. The van der Waals surface area contributed by atoms with Gasteiger partial charge in [0.05, 0.1) is 12.3 Å². The van der Waals surface area contributed by atoms with Gasteiger partial charge in [0, 0.05) is 28.0 Å². The van der Waals surface area contributed by atoms with E-state index in [-0.39, 0.29) is 5.97 Å². The fourth-order valence-electron chi connectivity index (χ4n) is 3.09. The van der Waals surface area contributed by atoms with Crippen molar-refractivity contribution in [1.29, 1.82) is 0 Å². The van der Waals surface area contributed by atoms with Crippen LogP contribution < -0.4 is 0 Å². The van der Waals surface area contributed by atoms with Crippen molar-refractivity contribution in [2.75, 3.05) is 6.61 Å². The molecule has 0 N–H and O–H groups in total. The highest BCUT2D eigenvalue weighted by atomic mass is 35.5. The maximum absolute atomic E-state index is 9.82. The van der Waals surface area contributed by atoms with E-state index in [0.717, 1.165) is 32.9 Å². The van der Waals surface area contributed by atoms with Gasteiger partial charge in [0.25, 0.3) is 0 Å². The zero-order chi connectivity index (χ0) is 21.1. The molecule has 0 saturated heterocycles. The molecule has 6 nitrogen and oxygen atoms in total. The summed E-state index contributed by atoms with van der Waals surface area (Å²) in [5.41, 5.74) is 4.52. The predicted octanol–water partition coefficient (Wildman–Crippen LogP) is 4.83. The normalized spacial score (nSPS) is 12.1. The van der Waals surface area contributed by atoms with Crippen molar-refractivity contribution >= 4 is 34.6 Å². The van der Waals surface area contributed by atoms with Gasteiger partial charge < -0.3 is 4.74 Å². The molecular formula is C21H23ClN4O2S. The Morgan fingerprint density at radius 1 is 1.21 bits per heavy atom. The van der Waals surface area contributed by atoms with Crippen molar-refractivity contribution in [2.45, 2.75) is 41.2 Å². The number of halogens is 1. The highest BCUT2D eigenvalue weighted by molar-refractivity contribution is 7.15. The lowest BCUT2D eigenvalue weighted by Crippen LogP contribution is -2.07. The van der Waals surface area contributed by atoms with Crippen LogP contribution in [0.15, 0.2) is 29.3 Å². The molecule has 0 aliphatic carbocycles. The fourth-order valence-corrected chi connectivity index (χ4v) is 4.45. The number of nitrogens with zero attached hydrogens (tertiary/aromatic N) is 4. The molecule has 0 spiro atoms. The fraction of sp³-hybridized carbons (Fsp3) is 0.333. The van der Waals surface area contributed by atoms with Gasteiger partial charge in [-0.3, -0.25) is 14.4 Å². The lowest BCUT2D eigenvalue weighted by atomic mass is 10.00. The van der Waals surface area contributed by atoms with Crippen LogP contribution in [0, 0.1) is 20.8 Å².